The fourth-order valence-electron chi connectivity index (χ4n) is 2.86. The molecule has 148 valence electrons. The van der Waals surface area contributed by atoms with Crippen LogP contribution >= 0.6 is 12.4 Å². The Kier molecular flexibility index (Phi) is 8.66. The van der Waals surface area contributed by atoms with E-state index in [1.807, 2.05) is 31.2 Å². The number of anilines is 1. The second-order valence-electron chi connectivity index (χ2n) is 6.24. The molecule has 0 aromatic heterocycles. The van der Waals surface area contributed by atoms with Crippen LogP contribution in [-0.4, -0.2) is 70.1 Å². The molecule has 26 heavy (non-hydrogen) atoms. The van der Waals surface area contributed by atoms with Gasteiger partial charge in [-0.05, 0) is 25.5 Å². The summed E-state index contributed by atoms with van der Waals surface area (Å²) < 4.78 is 28.1. The van der Waals surface area contributed by atoms with Gasteiger partial charge in [-0.1, -0.05) is 12.1 Å². The topological polar surface area (TPSA) is 92.9 Å². The molecule has 9 heteroatoms. The van der Waals surface area contributed by atoms with Crippen molar-refractivity contribution in [3.8, 4) is 5.75 Å². The van der Waals surface area contributed by atoms with Gasteiger partial charge in [-0.3, -0.25) is 4.79 Å². The Hall–Kier alpha value is -1.51. The fourth-order valence-corrected chi connectivity index (χ4v) is 3.54. The van der Waals surface area contributed by atoms with Crippen molar-refractivity contribution in [1.29, 1.82) is 0 Å². The molecule has 0 aliphatic carbocycles. The number of hydrogen-bond acceptors (Lipinski definition) is 6. The largest absolute Gasteiger partial charge is 0.492 e. The summed E-state index contributed by atoms with van der Waals surface area (Å²) in [6.07, 6.45) is 1.31. The Labute approximate surface area is 161 Å². The minimum Gasteiger partial charge on any atom is -0.492 e. The highest BCUT2D eigenvalue weighted by molar-refractivity contribution is 7.90. The van der Waals surface area contributed by atoms with Crippen LogP contribution in [-0.2, 0) is 14.6 Å². The lowest BCUT2D eigenvalue weighted by molar-refractivity contribution is -0.132. The highest BCUT2D eigenvalue weighted by atomic mass is 35.5. The summed E-state index contributed by atoms with van der Waals surface area (Å²) in [5.74, 6) is 0.595. The average molecular weight is 406 g/mol. The van der Waals surface area contributed by atoms with Gasteiger partial charge in [0, 0.05) is 32.4 Å². The van der Waals surface area contributed by atoms with Crippen molar-refractivity contribution in [2.45, 2.75) is 19.4 Å². The Bertz CT molecular complexity index is 691. The number of carbonyl (C=O) groups is 1. The second-order valence-corrected chi connectivity index (χ2v) is 8.50. The first-order chi connectivity index (χ1) is 11.8. The van der Waals surface area contributed by atoms with Crippen LogP contribution < -0.4 is 15.4 Å². The van der Waals surface area contributed by atoms with Crippen molar-refractivity contribution in [3.05, 3.63) is 24.3 Å². The van der Waals surface area contributed by atoms with Gasteiger partial charge in [-0.15, -0.1) is 12.4 Å². The average Bonchev–Trinajstić information content (AvgIpc) is 2.59. The summed E-state index contributed by atoms with van der Waals surface area (Å²) in [5.41, 5.74) is 6.90. The van der Waals surface area contributed by atoms with Gasteiger partial charge in [0.1, 0.15) is 15.6 Å². The van der Waals surface area contributed by atoms with Crippen LogP contribution in [0, 0.1) is 0 Å². The minimum absolute atomic E-state index is 0. The third-order valence-electron chi connectivity index (χ3n) is 4.21. The van der Waals surface area contributed by atoms with Crippen molar-refractivity contribution in [2.75, 3.05) is 49.7 Å². The fraction of sp³-hybridized carbons (Fsp3) is 0.588. The van der Waals surface area contributed by atoms with E-state index in [0.29, 0.717) is 32.8 Å². The first-order valence-electron chi connectivity index (χ1n) is 8.50. The van der Waals surface area contributed by atoms with Gasteiger partial charge in [0.05, 0.1) is 24.1 Å². The van der Waals surface area contributed by atoms with Gasteiger partial charge in [0.25, 0.3) is 0 Å². The Morgan fingerprint density at radius 1 is 1.23 bits per heavy atom. The van der Waals surface area contributed by atoms with Crippen molar-refractivity contribution < 1.29 is 17.9 Å². The molecule has 0 saturated carbocycles. The van der Waals surface area contributed by atoms with Gasteiger partial charge in [-0.2, -0.15) is 0 Å². The standard InChI is InChI=1S/C17H27N3O4S.ClH/c1-3-24-16-7-5-4-6-15(16)19-9-11-20(12-10-19)17(21)14(18)8-13-25(2,22)23;/h4-7,14H,3,8-13,18H2,1-2H3;1H. The number of hydrogen-bond donors (Lipinski definition) is 1. The van der Waals surface area contributed by atoms with E-state index < -0.39 is 15.9 Å². The monoisotopic (exact) mass is 405 g/mol. The molecule has 7 nitrogen and oxygen atoms in total. The quantitative estimate of drug-likeness (QED) is 0.725. The molecule has 1 amide bonds. The molecule has 1 heterocycles. The normalized spacial score (nSPS) is 16.0. The molecule has 1 unspecified atom stereocenters. The summed E-state index contributed by atoms with van der Waals surface area (Å²) in [7, 11) is -3.11. The van der Waals surface area contributed by atoms with Crippen LogP contribution in [0.1, 0.15) is 13.3 Å². The summed E-state index contributed by atoms with van der Waals surface area (Å²) in [6.45, 7) is 5.05. The maximum Gasteiger partial charge on any atom is 0.239 e. The van der Waals surface area contributed by atoms with Gasteiger partial charge in [0.2, 0.25) is 5.91 Å². The molecule has 1 saturated heterocycles. The van der Waals surface area contributed by atoms with E-state index >= 15 is 0 Å². The molecule has 0 bridgehead atoms. The number of halogens is 1. The van der Waals surface area contributed by atoms with E-state index in [1.165, 1.54) is 0 Å². The number of carbonyl (C=O) groups excluding carboxylic acids is 1. The van der Waals surface area contributed by atoms with Crippen LogP contribution in [0.5, 0.6) is 5.75 Å². The number of amides is 1. The Morgan fingerprint density at radius 2 is 1.85 bits per heavy atom. The molecule has 1 aliphatic rings. The lowest BCUT2D eigenvalue weighted by Crippen LogP contribution is -2.53. The highest BCUT2D eigenvalue weighted by Crippen LogP contribution is 2.28. The number of para-hydroxylation sites is 2. The Balaban J connectivity index is 0.00000338. The molecule has 1 aromatic rings. The molecule has 1 fully saturated rings. The van der Waals surface area contributed by atoms with Gasteiger partial charge in [-0.25, -0.2) is 8.42 Å². The predicted octanol–water partition coefficient (Wildman–Crippen LogP) is 0.918. The lowest BCUT2D eigenvalue weighted by Gasteiger charge is -2.37. The SMILES string of the molecule is CCOc1ccccc1N1CCN(C(=O)C(N)CCS(C)(=O)=O)CC1.Cl. The zero-order chi connectivity index (χ0) is 18.4. The van der Waals surface area contributed by atoms with Gasteiger partial charge >= 0.3 is 0 Å². The first kappa shape index (κ1) is 22.5. The zero-order valence-electron chi connectivity index (χ0n) is 15.3. The molecule has 1 aromatic carbocycles. The molecule has 2 N–H and O–H groups in total. The zero-order valence-corrected chi connectivity index (χ0v) is 16.9. The van der Waals surface area contributed by atoms with E-state index in [9.17, 15) is 13.2 Å². The highest BCUT2D eigenvalue weighted by Gasteiger charge is 2.26. The summed E-state index contributed by atoms with van der Waals surface area (Å²) in [4.78, 5) is 16.3. The second kappa shape index (κ2) is 9.99. The van der Waals surface area contributed by atoms with Crippen LogP contribution in [0.15, 0.2) is 24.3 Å². The predicted molar refractivity (Wildman–Crippen MR) is 106 cm³/mol. The number of benzene rings is 1. The van der Waals surface area contributed by atoms with Crippen molar-refractivity contribution in [1.82, 2.24) is 4.90 Å². The first-order valence-corrected chi connectivity index (χ1v) is 10.6. The molecular weight excluding hydrogens is 378 g/mol. The summed E-state index contributed by atoms with van der Waals surface area (Å²) in [5, 5.41) is 0. The van der Waals surface area contributed by atoms with E-state index in [4.69, 9.17) is 10.5 Å². The van der Waals surface area contributed by atoms with Crippen molar-refractivity contribution in [3.63, 3.8) is 0 Å². The summed E-state index contributed by atoms with van der Waals surface area (Å²) >= 11 is 0. The van der Waals surface area contributed by atoms with Crippen LogP contribution in [0.2, 0.25) is 0 Å². The molecule has 0 spiro atoms. The van der Waals surface area contributed by atoms with Gasteiger partial charge in [0.15, 0.2) is 0 Å². The number of piperazine rings is 1. The number of rotatable bonds is 7. The summed E-state index contributed by atoms with van der Waals surface area (Å²) in [6, 6.07) is 7.10. The molecule has 2 rings (SSSR count). The third kappa shape index (κ3) is 6.34. The lowest BCUT2D eigenvalue weighted by atomic mass is 10.1. The van der Waals surface area contributed by atoms with E-state index in [1.54, 1.807) is 4.90 Å². The molecular formula is C17H28ClN3O4S. The number of sulfone groups is 1. The van der Waals surface area contributed by atoms with Crippen LogP contribution in [0.25, 0.3) is 0 Å². The third-order valence-corrected chi connectivity index (χ3v) is 5.19. The number of nitrogens with two attached hydrogens (primary N) is 1. The number of ether oxygens (including phenoxy) is 1. The van der Waals surface area contributed by atoms with E-state index in [-0.39, 0.29) is 30.5 Å². The molecule has 0 radical (unpaired) electrons. The maximum atomic E-state index is 12.4. The smallest absolute Gasteiger partial charge is 0.239 e. The minimum atomic E-state index is -3.11. The van der Waals surface area contributed by atoms with Crippen molar-refractivity contribution >= 4 is 33.8 Å². The molecule has 1 atom stereocenters. The van der Waals surface area contributed by atoms with Crippen LogP contribution in [0.4, 0.5) is 5.69 Å². The maximum absolute atomic E-state index is 12.4. The van der Waals surface area contributed by atoms with Crippen LogP contribution in [0.3, 0.4) is 0 Å². The molecule has 1 aliphatic heterocycles. The van der Waals surface area contributed by atoms with E-state index in [2.05, 4.69) is 4.90 Å². The Morgan fingerprint density at radius 3 is 2.42 bits per heavy atom. The number of nitrogens with zero attached hydrogens (tertiary/aromatic N) is 2. The van der Waals surface area contributed by atoms with Gasteiger partial charge < -0.3 is 20.3 Å². The van der Waals surface area contributed by atoms with E-state index in [0.717, 1.165) is 17.7 Å². The van der Waals surface area contributed by atoms with Crippen molar-refractivity contribution in [2.24, 2.45) is 5.73 Å².